The van der Waals surface area contributed by atoms with Crippen LogP contribution in [0.1, 0.15) is 18.4 Å². The Balaban J connectivity index is 1.86. The SMILES string of the molecule is COC1CCN(C/C=C/c2ccccc2)C(CN)C1. The van der Waals surface area contributed by atoms with Crippen LogP contribution in [0.3, 0.4) is 0 Å². The second-order valence-electron chi connectivity index (χ2n) is 5.08. The first kappa shape index (κ1) is 14.3. The molecule has 1 fully saturated rings. The normalized spacial score (nSPS) is 24.9. The van der Waals surface area contributed by atoms with E-state index in [2.05, 4.69) is 41.3 Å². The molecule has 3 heteroatoms. The van der Waals surface area contributed by atoms with Gasteiger partial charge in [-0.1, -0.05) is 42.5 Å². The minimum Gasteiger partial charge on any atom is -0.381 e. The van der Waals surface area contributed by atoms with Crippen molar-refractivity contribution in [1.29, 1.82) is 0 Å². The van der Waals surface area contributed by atoms with Crippen molar-refractivity contribution in [1.82, 2.24) is 4.90 Å². The standard InChI is InChI=1S/C16H24N2O/c1-19-16-9-11-18(15(12-16)13-17)10-5-8-14-6-3-2-4-7-14/h2-8,15-16H,9-13,17H2,1H3/b8-5+. The quantitative estimate of drug-likeness (QED) is 0.881. The Morgan fingerprint density at radius 1 is 1.37 bits per heavy atom. The smallest absolute Gasteiger partial charge is 0.0599 e. The lowest BCUT2D eigenvalue weighted by Gasteiger charge is -2.37. The van der Waals surface area contributed by atoms with E-state index < -0.39 is 0 Å². The highest BCUT2D eigenvalue weighted by Gasteiger charge is 2.26. The third-order valence-corrected chi connectivity index (χ3v) is 3.84. The zero-order valence-electron chi connectivity index (χ0n) is 11.7. The van der Waals surface area contributed by atoms with Crippen molar-refractivity contribution in [3.05, 3.63) is 42.0 Å². The summed E-state index contributed by atoms with van der Waals surface area (Å²) in [4.78, 5) is 2.45. The maximum atomic E-state index is 5.87. The second-order valence-corrected chi connectivity index (χ2v) is 5.08. The average molecular weight is 260 g/mol. The van der Waals surface area contributed by atoms with Gasteiger partial charge in [0.15, 0.2) is 0 Å². The predicted molar refractivity (Wildman–Crippen MR) is 79.9 cm³/mol. The van der Waals surface area contributed by atoms with Crippen molar-refractivity contribution >= 4 is 6.08 Å². The summed E-state index contributed by atoms with van der Waals surface area (Å²) in [5, 5.41) is 0. The van der Waals surface area contributed by atoms with Crippen molar-refractivity contribution in [2.75, 3.05) is 26.7 Å². The van der Waals surface area contributed by atoms with Gasteiger partial charge in [0.2, 0.25) is 0 Å². The van der Waals surface area contributed by atoms with Crippen LogP contribution in [0, 0.1) is 0 Å². The van der Waals surface area contributed by atoms with Gasteiger partial charge < -0.3 is 10.5 Å². The Morgan fingerprint density at radius 3 is 2.84 bits per heavy atom. The lowest BCUT2D eigenvalue weighted by Crippen LogP contribution is -2.48. The van der Waals surface area contributed by atoms with E-state index >= 15 is 0 Å². The Morgan fingerprint density at radius 2 is 2.16 bits per heavy atom. The number of benzene rings is 1. The van der Waals surface area contributed by atoms with Crippen LogP contribution < -0.4 is 5.73 Å². The van der Waals surface area contributed by atoms with Crippen LogP contribution in [0.4, 0.5) is 0 Å². The van der Waals surface area contributed by atoms with E-state index in [0.717, 1.165) is 25.9 Å². The molecule has 0 radical (unpaired) electrons. The summed E-state index contributed by atoms with van der Waals surface area (Å²) in [7, 11) is 1.79. The van der Waals surface area contributed by atoms with Gasteiger partial charge in [-0.3, -0.25) is 4.90 Å². The fourth-order valence-electron chi connectivity index (χ4n) is 2.65. The summed E-state index contributed by atoms with van der Waals surface area (Å²) in [5.41, 5.74) is 7.12. The van der Waals surface area contributed by atoms with Crippen LogP contribution in [0.15, 0.2) is 36.4 Å². The van der Waals surface area contributed by atoms with Gasteiger partial charge in [-0.15, -0.1) is 0 Å². The molecule has 0 aromatic heterocycles. The molecule has 2 rings (SSSR count). The molecule has 2 atom stereocenters. The highest BCUT2D eigenvalue weighted by molar-refractivity contribution is 5.48. The molecule has 19 heavy (non-hydrogen) atoms. The van der Waals surface area contributed by atoms with E-state index in [0.29, 0.717) is 18.7 Å². The van der Waals surface area contributed by atoms with Crippen LogP contribution in [0.25, 0.3) is 6.08 Å². The summed E-state index contributed by atoms with van der Waals surface area (Å²) in [6, 6.07) is 10.8. The number of hydrogen-bond donors (Lipinski definition) is 1. The number of methoxy groups -OCH3 is 1. The first-order valence-electron chi connectivity index (χ1n) is 7.02. The summed E-state index contributed by atoms with van der Waals surface area (Å²) in [5.74, 6) is 0. The molecule has 0 saturated carbocycles. The average Bonchev–Trinajstić information content (AvgIpc) is 2.48. The minimum absolute atomic E-state index is 0.378. The molecule has 0 aliphatic carbocycles. The summed E-state index contributed by atoms with van der Waals surface area (Å²) in [6.45, 7) is 2.74. The van der Waals surface area contributed by atoms with E-state index in [-0.39, 0.29) is 0 Å². The highest BCUT2D eigenvalue weighted by Crippen LogP contribution is 2.19. The number of nitrogens with two attached hydrogens (primary N) is 1. The van der Waals surface area contributed by atoms with Crippen molar-refractivity contribution in [3.63, 3.8) is 0 Å². The topological polar surface area (TPSA) is 38.5 Å². The minimum atomic E-state index is 0.378. The molecule has 3 nitrogen and oxygen atoms in total. The first-order valence-corrected chi connectivity index (χ1v) is 7.02. The van der Waals surface area contributed by atoms with Crippen LogP contribution in [-0.4, -0.2) is 43.8 Å². The van der Waals surface area contributed by atoms with Gasteiger partial charge >= 0.3 is 0 Å². The van der Waals surface area contributed by atoms with E-state index in [1.165, 1.54) is 5.56 Å². The lowest BCUT2D eigenvalue weighted by atomic mass is 9.99. The molecular weight excluding hydrogens is 236 g/mol. The Labute approximate surface area is 116 Å². The molecule has 104 valence electrons. The van der Waals surface area contributed by atoms with E-state index in [1.54, 1.807) is 7.11 Å². The molecule has 1 aromatic carbocycles. The Hall–Kier alpha value is -1.16. The fourth-order valence-corrected chi connectivity index (χ4v) is 2.65. The predicted octanol–water partition coefficient (Wildman–Crippen LogP) is 2.14. The molecule has 2 unspecified atom stereocenters. The van der Waals surface area contributed by atoms with Crippen LogP contribution >= 0.6 is 0 Å². The largest absolute Gasteiger partial charge is 0.381 e. The molecule has 2 N–H and O–H groups in total. The Kier molecular flexibility index (Phi) is 5.58. The van der Waals surface area contributed by atoms with Crippen molar-refractivity contribution in [2.24, 2.45) is 5.73 Å². The summed E-state index contributed by atoms with van der Waals surface area (Å²) in [6.07, 6.45) is 6.93. The number of nitrogens with zero attached hydrogens (tertiary/aromatic N) is 1. The zero-order valence-corrected chi connectivity index (χ0v) is 11.7. The maximum absolute atomic E-state index is 5.87. The summed E-state index contributed by atoms with van der Waals surface area (Å²) >= 11 is 0. The van der Waals surface area contributed by atoms with Gasteiger partial charge in [0, 0.05) is 32.8 Å². The van der Waals surface area contributed by atoms with Crippen molar-refractivity contribution < 1.29 is 4.74 Å². The van der Waals surface area contributed by atoms with Crippen molar-refractivity contribution in [3.8, 4) is 0 Å². The molecule has 1 aromatic rings. The molecular formula is C16H24N2O. The molecule has 1 aliphatic rings. The fraction of sp³-hybridized carbons (Fsp3) is 0.500. The zero-order chi connectivity index (χ0) is 13.5. The van der Waals surface area contributed by atoms with Gasteiger partial charge in [-0.25, -0.2) is 0 Å². The van der Waals surface area contributed by atoms with E-state index in [4.69, 9.17) is 10.5 Å². The molecule has 1 saturated heterocycles. The molecule has 1 aliphatic heterocycles. The second kappa shape index (κ2) is 7.43. The first-order chi connectivity index (χ1) is 9.33. The van der Waals surface area contributed by atoms with Gasteiger partial charge in [0.05, 0.1) is 6.10 Å². The number of piperidine rings is 1. The lowest BCUT2D eigenvalue weighted by molar-refractivity contribution is 0.0177. The molecule has 0 spiro atoms. The number of likely N-dealkylation sites (tertiary alicyclic amines) is 1. The monoisotopic (exact) mass is 260 g/mol. The number of hydrogen-bond acceptors (Lipinski definition) is 3. The third kappa shape index (κ3) is 4.16. The van der Waals surface area contributed by atoms with Crippen LogP contribution in [-0.2, 0) is 4.74 Å². The highest BCUT2D eigenvalue weighted by atomic mass is 16.5. The summed E-state index contributed by atoms with van der Waals surface area (Å²) < 4.78 is 5.45. The van der Waals surface area contributed by atoms with Gasteiger partial charge in [0.1, 0.15) is 0 Å². The van der Waals surface area contributed by atoms with Gasteiger partial charge in [0.25, 0.3) is 0 Å². The number of ether oxygens (including phenoxy) is 1. The van der Waals surface area contributed by atoms with Gasteiger partial charge in [-0.2, -0.15) is 0 Å². The van der Waals surface area contributed by atoms with E-state index in [9.17, 15) is 0 Å². The Bertz CT molecular complexity index is 391. The van der Waals surface area contributed by atoms with Crippen LogP contribution in [0.5, 0.6) is 0 Å². The van der Waals surface area contributed by atoms with Gasteiger partial charge in [-0.05, 0) is 18.4 Å². The van der Waals surface area contributed by atoms with Crippen molar-refractivity contribution in [2.45, 2.75) is 25.0 Å². The maximum Gasteiger partial charge on any atom is 0.0599 e. The number of rotatable bonds is 5. The molecule has 1 heterocycles. The molecule has 0 bridgehead atoms. The third-order valence-electron chi connectivity index (χ3n) is 3.84. The molecule has 0 amide bonds. The van der Waals surface area contributed by atoms with Crippen LogP contribution in [0.2, 0.25) is 0 Å². The van der Waals surface area contributed by atoms with E-state index in [1.807, 2.05) is 6.07 Å².